The van der Waals surface area contributed by atoms with Crippen LogP contribution in [0.15, 0.2) is 48.5 Å². The second kappa shape index (κ2) is 11.1. The number of benzene rings is 2. The third kappa shape index (κ3) is 7.14. The lowest BCUT2D eigenvalue weighted by Crippen LogP contribution is -2.48. The summed E-state index contributed by atoms with van der Waals surface area (Å²) < 4.78 is 11.0. The Kier molecular flexibility index (Phi) is 8.52. The molecule has 2 atom stereocenters. The largest absolute Gasteiger partial charge is 0.484 e. The van der Waals surface area contributed by atoms with Gasteiger partial charge in [0.2, 0.25) is 0 Å². The predicted octanol–water partition coefficient (Wildman–Crippen LogP) is 3.76. The van der Waals surface area contributed by atoms with Gasteiger partial charge in [-0.1, -0.05) is 45.0 Å². The number of hydrazine groups is 1. The molecule has 0 aliphatic carbocycles. The molecule has 0 radical (unpaired) electrons. The second-order valence-electron chi connectivity index (χ2n) is 6.96. The Bertz CT molecular complexity index is 788. The summed E-state index contributed by atoms with van der Waals surface area (Å²) >= 11 is 0. The van der Waals surface area contributed by atoms with Crippen molar-refractivity contribution in [3.05, 3.63) is 59.7 Å². The normalized spacial score (nSPS) is 12.6. The van der Waals surface area contributed by atoms with Crippen LogP contribution in [0.25, 0.3) is 0 Å². The molecular weight excluding hydrogens is 368 g/mol. The molecule has 6 heteroatoms. The zero-order valence-electron chi connectivity index (χ0n) is 17.5. The van der Waals surface area contributed by atoms with E-state index in [-0.39, 0.29) is 6.61 Å². The van der Waals surface area contributed by atoms with Gasteiger partial charge < -0.3 is 9.47 Å². The van der Waals surface area contributed by atoms with Crippen LogP contribution in [0.3, 0.4) is 0 Å². The van der Waals surface area contributed by atoms with Crippen LogP contribution in [0.2, 0.25) is 0 Å². The summed E-state index contributed by atoms with van der Waals surface area (Å²) in [4.78, 5) is 24.0. The third-order valence-corrected chi connectivity index (χ3v) is 4.77. The Hall–Kier alpha value is -3.02. The van der Waals surface area contributed by atoms with E-state index in [1.54, 1.807) is 6.92 Å². The van der Waals surface area contributed by atoms with Gasteiger partial charge in [0.05, 0.1) is 0 Å². The fourth-order valence-electron chi connectivity index (χ4n) is 2.61. The van der Waals surface area contributed by atoms with Crippen LogP contribution < -0.4 is 20.3 Å². The molecular formula is C23H30N2O4. The molecule has 0 heterocycles. The van der Waals surface area contributed by atoms with Crippen molar-refractivity contribution in [2.45, 2.75) is 52.6 Å². The summed E-state index contributed by atoms with van der Waals surface area (Å²) in [6, 6.07) is 15.2. The first kappa shape index (κ1) is 22.3. The van der Waals surface area contributed by atoms with E-state index in [9.17, 15) is 9.59 Å². The fraction of sp³-hybridized carbons (Fsp3) is 0.391. The molecule has 0 aromatic heterocycles. The van der Waals surface area contributed by atoms with Crippen molar-refractivity contribution >= 4 is 11.8 Å². The molecule has 0 saturated carbocycles. The van der Waals surface area contributed by atoms with E-state index in [0.29, 0.717) is 17.4 Å². The molecule has 0 fully saturated rings. The highest BCUT2D eigenvalue weighted by atomic mass is 16.5. The number of carbonyl (C=O) groups is 2. The molecule has 6 nitrogen and oxygen atoms in total. The summed E-state index contributed by atoms with van der Waals surface area (Å²) in [5.74, 6) is 0.780. The molecule has 2 amide bonds. The van der Waals surface area contributed by atoms with E-state index >= 15 is 0 Å². The average molecular weight is 399 g/mol. The molecule has 0 aliphatic rings. The van der Waals surface area contributed by atoms with E-state index in [0.717, 1.165) is 12.8 Å². The first-order valence-corrected chi connectivity index (χ1v) is 10.00. The maximum Gasteiger partial charge on any atom is 0.279 e. The lowest BCUT2D eigenvalue weighted by molar-refractivity contribution is -0.133. The standard InChI is InChI=1S/C23H30N2O4/c1-5-16(3)19-9-13-20(14-10-19)28-15-22(26)24-25-23(27)17(4)29-21-11-7-18(6-2)8-12-21/h7-14,16-17H,5-6,15H2,1-4H3,(H,24,26)(H,25,27)/t16-,17+/m0/s1. The van der Waals surface area contributed by atoms with Crippen molar-refractivity contribution in [1.29, 1.82) is 0 Å². The average Bonchev–Trinajstić information content (AvgIpc) is 2.76. The number of amides is 2. The smallest absolute Gasteiger partial charge is 0.279 e. The molecule has 0 unspecified atom stereocenters. The second-order valence-corrected chi connectivity index (χ2v) is 6.96. The number of hydrogen-bond acceptors (Lipinski definition) is 4. The van der Waals surface area contributed by atoms with Gasteiger partial charge >= 0.3 is 0 Å². The van der Waals surface area contributed by atoms with Crippen molar-refractivity contribution in [2.75, 3.05) is 6.61 Å². The van der Waals surface area contributed by atoms with Crippen LogP contribution >= 0.6 is 0 Å². The third-order valence-electron chi connectivity index (χ3n) is 4.77. The van der Waals surface area contributed by atoms with Crippen LogP contribution in [-0.2, 0) is 16.0 Å². The fourth-order valence-corrected chi connectivity index (χ4v) is 2.61. The Morgan fingerprint density at radius 1 is 0.897 bits per heavy atom. The maximum absolute atomic E-state index is 12.1. The summed E-state index contributed by atoms with van der Waals surface area (Å²) in [5, 5.41) is 0. The van der Waals surface area contributed by atoms with Gasteiger partial charge in [0, 0.05) is 0 Å². The predicted molar refractivity (Wildman–Crippen MR) is 113 cm³/mol. The maximum atomic E-state index is 12.1. The lowest BCUT2D eigenvalue weighted by Gasteiger charge is -2.15. The van der Waals surface area contributed by atoms with Crippen molar-refractivity contribution in [2.24, 2.45) is 0 Å². The minimum absolute atomic E-state index is 0.198. The number of nitrogens with one attached hydrogen (secondary N) is 2. The monoisotopic (exact) mass is 398 g/mol. The molecule has 2 aromatic rings. The summed E-state index contributed by atoms with van der Waals surface area (Å²) in [7, 11) is 0. The minimum atomic E-state index is -0.753. The van der Waals surface area contributed by atoms with Crippen molar-refractivity contribution < 1.29 is 19.1 Å². The number of rotatable bonds is 9. The molecule has 0 aliphatic heterocycles. The molecule has 0 spiro atoms. The summed E-state index contributed by atoms with van der Waals surface area (Å²) in [6.07, 6.45) is 1.25. The van der Waals surface area contributed by atoms with Gasteiger partial charge in [0.1, 0.15) is 11.5 Å². The quantitative estimate of drug-likeness (QED) is 0.631. The Labute approximate surface area is 172 Å². The van der Waals surface area contributed by atoms with Gasteiger partial charge in [-0.15, -0.1) is 0 Å². The first-order chi connectivity index (χ1) is 13.9. The van der Waals surface area contributed by atoms with Crippen molar-refractivity contribution in [1.82, 2.24) is 10.9 Å². The van der Waals surface area contributed by atoms with Gasteiger partial charge in [-0.25, -0.2) is 0 Å². The van der Waals surface area contributed by atoms with Gasteiger partial charge in [-0.3, -0.25) is 20.4 Å². The molecule has 0 saturated heterocycles. The topological polar surface area (TPSA) is 76.7 Å². The van der Waals surface area contributed by atoms with E-state index in [2.05, 4.69) is 31.6 Å². The van der Waals surface area contributed by atoms with Crippen molar-refractivity contribution in [3.63, 3.8) is 0 Å². The Balaban J connectivity index is 1.72. The Morgan fingerprint density at radius 3 is 2.10 bits per heavy atom. The Morgan fingerprint density at radius 2 is 1.52 bits per heavy atom. The molecule has 2 N–H and O–H groups in total. The summed E-state index contributed by atoms with van der Waals surface area (Å²) in [6.45, 7) is 7.79. The van der Waals surface area contributed by atoms with Crippen LogP contribution in [0.4, 0.5) is 0 Å². The zero-order chi connectivity index (χ0) is 21.2. The highest BCUT2D eigenvalue weighted by molar-refractivity contribution is 5.85. The number of ether oxygens (including phenoxy) is 2. The van der Waals surface area contributed by atoms with Gasteiger partial charge in [0.25, 0.3) is 11.8 Å². The van der Waals surface area contributed by atoms with Crippen LogP contribution in [0, 0.1) is 0 Å². The molecule has 156 valence electrons. The first-order valence-electron chi connectivity index (χ1n) is 10.00. The zero-order valence-corrected chi connectivity index (χ0v) is 17.5. The van der Waals surface area contributed by atoms with Crippen LogP contribution in [-0.4, -0.2) is 24.5 Å². The molecule has 0 bridgehead atoms. The van der Waals surface area contributed by atoms with Crippen LogP contribution in [0.5, 0.6) is 11.5 Å². The lowest BCUT2D eigenvalue weighted by atomic mass is 9.99. The summed E-state index contributed by atoms with van der Waals surface area (Å²) in [5.41, 5.74) is 7.10. The minimum Gasteiger partial charge on any atom is -0.484 e. The van der Waals surface area contributed by atoms with E-state index < -0.39 is 17.9 Å². The number of carbonyl (C=O) groups excluding carboxylic acids is 2. The number of hydrogen-bond donors (Lipinski definition) is 2. The van der Waals surface area contributed by atoms with E-state index in [1.807, 2.05) is 48.5 Å². The van der Waals surface area contributed by atoms with E-state index in [4.69, 9.17) is 9.47 Å². The molecule has 2 rings (SSSR count). The van der Waals surface area contributed by atoms with Crippen molar-refractivity contribution in [3.8, 4) is 11.5 Å². The van der Waals surface area contributed by atoms with Gasteiger partial charge in [-0.2, -0.15) is 0 Å². The number of aryl methyl sites for hydroxylation is 1. The highest BCUT2D eigenvalue weighted by Crippen LogP contribution is 2.21. The molecule has 2 aromatic carbocycles. The molecule has 29 heavy (non-hydrogen) atoms. The van der Waals surface area contributed by atoms with Crippen LogP contribution in [0.1, 0.15) is 51.2 Å². The van der Waals surface area contributed by atoms with Gasteiger partial charge in [-0.05, 0) is 61.1 Å². The SMILES string of the molecule is CCc1ccc(O[C@H](C)C(=O)NNC(=O)COc2ccc([C@@H](C)CC)cc2)cc1. The van der Waals surface area contributed by atoms with E-state index in [1.165, 1.54) is 11.1 Å². The highest BCUT2D eigenvalue weighted by Gasteiger charge is 2.15. The van der Waals surface area contributed by atoms with Gasteiger partial charge in [0.15, 0.2) is 12.7 Å².